The predicted molar refractivity (Wildman–Crippen MR) is 45.9 cm³/mol. The van der Waals surface area contributed by atoms with Crippen molar-refractivity contribution in [2.45, 2.75) is 13.5 Å². The zero-order valence-electron chi connectivity index (χ0n) is 6.86. The summed E-state index contributed by atoms with van der Waals surface area (Å²) in [5.74, 6) is 0. The summed E-state index contributed by atoms with van der Waals surface area (Å²) in [5.41, 5.74) is 3.11. The molecular weight excluding hydrogens is 152 g/mol. The maximum absolute atomic E-state index is 8.90. The van der Waals surface area contributed by atoms with E-state index in [1.165, 1.54) is 0 Å². The van der Waals surface area contributed by atoms with Crippen LogP contribution in [0, 0.1) is 6.92 Å². The lowest BCUT2D eigenvalue weighted by atomic mass is 10.2. The average Bonchev–Trinajstić information content (AvgIpc) is 2.47. The van der Waals surface area contributed by atoms with Crippen LogP contribution in [0.5, 0.6) is 0 Å². The van der Waals surface area contributed by atoms with Gasteiger partial charge in [-0.3, -0.25) is 0 Å². The van der Waals surface area contributed by atoms with Crippen molar-refractivity contribution < 1.29 is 5.11 Å². The molecule has 0 bridgehead atoms. The number of fused-ring (bicyclic) bond motifs is 1. The summed E-state index contributed by atoms with van der Waals surface area (Å²) >= 11 is 0. The monoisotopic (exact) mass is 162 g/mol. The van der Waals surface area contributed by atoms with E-state index >= 15 is 0 Å². The van der Waals surface area contributed by atoms with E-state index in [0.717, 1.165) is 16.6 Å². The van der Waals surface area contributed by atoms with Crippen LogP contribution in [0.4, 0.5) is 0 Å². The van der Waals surface area contributed by atoms with Gasteiger partial charge in [0, 0.05) is 6.20 Å². The molecule has 0 aliphatic rings. The van der Waals surface area contributed by atoms with E-state index in [4.69, 9.17) is 5.11 Å². The largest absolute Gasteiger partial charge is 0.392 e. The molecule has 0 saturated heterocycles. The van der Waals surface area contributed by atoms with Crippen LogP contribution in [0.25, 0.3) is 5.52 Å². The zero-order chi connectivity index (χ0) is 8.55. The first-order valence-corrected chi connectivity index (χ1v) is 3.85. The number of hydrogen-bond donors (Lipinski definition) is 1. The zero-order valence-corrected chi connectivity index (χ0v) is 6.86. The summed E-state index contributed by atoms with van der Waals surface area (Å²) < 4.78 is 1.80. The molecule has 1 N–H and O–H groups in total. The minimum Gasteiger partial charge on any atom is -0.392 e. The van der Waals surface area contributed by atoms with Gasteiger partial charge in [0.2, 0.25) is 0 Å². The predicted octanol–water partition coefficient (Wildman–Crippen LogP) is 1.14. The number of hydrogen-bond acceptors (Lipinski definition) is 2. The molecular formula is C9H10N2O. The molecule has 0 saturated carbocycles. The molecule has 62 valence electrons. The van der Waals surface area contributed by atoms with Gasteiger partial charge < -0.3 is 5.11 Å². The van der Waals surface area contributed by atoms with Crippen LogP contribution in [-0.2, 0) is 6.61 Å². The van der Waals surface area contributed by atoms with Gasteiger partial charge in [-0.05, 0) is 30.2 Å². The van der Waals surface area contributed by atoms with Crippen LogP contribution in [0.2, 0.25) is 0 Å². The summed E-state index contributed by atoms with van der Waals surface area (Å²) in [6, 6.07) is 3.81. The lowest BCUT2D eigenvalue weighted by molar-refractivity contribution is 0.282. The number of pyridine rings is 1. The third-order valence-corrected chi connectivity index (χ3v) is 1.96. The summed E-state index contributed by atoms with van der Waals surface area (Å²) in [7, 11) is 0. The highest BCUT2D eigenvalue weighted by Gasteiger charge is 1.99. The molecule has 2 aromatic heterocycles. The first-order chi connectivity index (χ1) is 5.81. The number of aryl methyl sites for hydroxylation is 1. The van der Waals surface area contributed by atoms with Gasteiger partial charge in [-0.1, -0.05) is 0 Å². The molecule has 0 fully saturated rings. The fourth-order valence-corrected chi connectivity index (χ4v) is 1.24. The third kappa shape index (κ3) is 0.987. The number of rotatable bonds is 1. The Morgan fingerprint density at radius 2 is 2.42 bits per heavy atom. The highest BCUT2D eigenvalue weighted by molar-refractivity contribution is 5.54. The lowest BCUT2D eigenvalue weighted by Gasteiger charge is -1.97. The number of aromatic nitrogens is 2. The van der Waals surface area contributed by atoms with E-state index in [1.807, 2.05) is 31.5 Å². The molecule has 2 rings (SSSR count). The Bertz CT molecular complexity index is 406. The van der Waals surface area contributed by atoms with E-state index in [1.54, 1.807) is 4.52 Å². The van der Waals surface area contributed by atoms with E-state index in [-0.39, 0.29) is 6.61 Å². The van der Waals surface area contributed by atoms with Crippen LogP contribution < -0.4 is 0 Å². The van der Waals surface area contributed by atoms with Gasteiger partial charge in [-0.15, -0.1) is 0 Å². The second kappa shape index (κ2) is 2.60. The molecule has 0 aliphatic heterocycles. The molecule has 0 atom stereocenters. The van der Waals surface area contributed by atoms with E-state index < -0.39 is 0 Å². The maximum Gasteiger partial charge on any atom is 0.0694 e. The third-order valence-electron chi connectivity index (χ3n) is 1.96. The molecule has 0 aromatic carbocycles. The summed E-state index contributed by atoms with van der Waals surface area (Å²) in [6.45, 7) is 2.09. The second-order valence-electron chi connectivity index (χ2n) is 2.85. The van der Waals surface area contributed by atoms with Crippen molar-refractivity contribution in [1.82, 2.24) is 9.61 Å². The average molecular weight is 162 g/mol. The fourth-order valence-electron chi connectivity index (χ4n) is 1.24. The van der Waals surface area contributed by atoms with Gasteiger partial charge in [0.05, 0.1) is 18.3 Å². The molecule has 12 heavy (non-hydrogen) atoms. The molecule has 0 aliphatic carbocycles. The molecule has 3 nitrogen and oxygen atoms in total. The Morgan fingerprint density at radius 3 is 3.17 bits per heavy atom. The van der Waals surface area contributed by atoms with Crippen molar-refractivity contribution in [3.8, 4) is 0 Å². The van der Waals surface area contributed by atoms with Gasteiger partial charge in [0.1, 0.15) is 0 Å². The van der Waals surface area contributed by atoms with Crippen LogP contribution in [0.3, 0.4) is 0 Å². The van der Waals surface area contributed by atoms with Crippen LogP contribution in [-0.4, -0.2) is 14.7 Å². The fraction of sp³-hybridized carbons (Fsp3) is 0.222. The Balaban J connectivity index is 2.71. The van der Waals surface area contributed by atoms with Gasteiger partial charge in [0.25, 0.3) is 0 Å². The summed E-state index contributed by atoms with van der Waals surface area (Å²) in [5, 5.41) is 13.0. The van der Waals surface area contributed by atoms with Gasteiger partial charge in [0.15, 0.2) is 0 Å². The van der Waals surface area contributed by atoms with Gasteiger partial charge in [-0.2, -0.15) is 5.10 Å². The molecule has 2 aromatic rings. The second-order valence-corrected chi connectivity index (χ2v) is 2.85. The Morgan fingerprint density at radius 1 is 1.58 bits per heavy atom. The van der Waals surface area contributed by atoms with Crippen LogP contribution in [0.15, 0.2) is 24.5 Å². The molecule has 0 spiro atoms. The van der Waals surface area contributed by atoms with E-state index in [2.05, 4.69) is 5.10 Å². The van der Waals surface area contributed by atoms with Crippen molar-refractivity contribution in [2.75, 3.05) is 0 Å². The first kappa shape index (κ1) is 7.31. The van der Waals surface area contributed by atoms with E-state index in [0.29, 0.717) is 0 Å². The standard InChI is InChI=1S/C9H10N2O/c1-7-5-10-11-3-2-8(6-12)4-9(7)11/h2-5,12H,6H2,1H3. The number of nitrogens with zero attached hydrogens (tertiary/aromatic N) is 2. The lowest BCUT2D eigenvalue weighted by Crippen LogP contribution is -1.89. The SMILES string of the molecule is Cc1cnn2ccc(CO)cc12. The summed E-state index contributed by atoms with van der Waals surface area (Å²) in [6.07, 6.45) is 3.67. The minimum absolute atomic E-state index is 0.0844. The van der Waals surface area contributed by atoms with Crippen LogP contribution >= 0.6 is 0 Å². The number of aliphatic hydroxyl groups excluding tert-OH is 1. The van der Waals surface area contributed by atoms with Gasteiger partial charge >= 0.3 is 0 Å². The van der Waals surface area contributed by atoms with E-state index in [9.17, 15) is 0 Å². The van der Waals surface area contributed by atoms with Crippen molar-refractivity contribution in [2.24, 2.45) is 0 Å². The highest BCUT2D eigenvalue weighted by atomic mass is 16.3. The molecule has 3 heteroatoms. The van der Waals surface area contributed by atoms with Crippen molar-refractivity contribution in [3.63, 3.8) is 0 Å². The first-order valence-electron chi connectivity index (χ1n) is 3.85. The van der Waals surface area contributed by atoms with Crippen LogP contribution in [0.1, 0.15) is 11.1 Å². The Labute approximate surface area is 70.3 Å². The number of aliphatic hydroxyl groups is 1. The van der Waals surface area contributed by atoms with Crippen molar-refractivity contribution in [1.29, 1.82) is 0 Å². The smallest absolute Gasteiger partial charge is 0.0694 e. The van der Waals surface area contributed by atoms with Crippen molar-refractivity contribution >= 4 is 5.52 Å². The maximum atomic E-state index is 8.90. The molecule has 0 radical (unpaired) electrons. The Kier molecular flexibility index (Phi) is 1.59. The highest BCUT2D eigenvalue weighted by Crippen LogP contribution is 2.10. The molecule has 0 unspecified atom stereocenters. The minimum atomic E-state index is 0.0844. The Hall–Kier alpha value is -1.35. The topological polar surface area (TPSA) is 37.5 Å². The normalized spacial score (nSPS) is 10.8. The molecule has 2 heterocycles. The molecule has 0 amide bonds. The van der Waals surface area contributed by atoms with Crippen molar-refractivity contribution in [3.05, 3.63) is 35.7 Å². The summed E-state index contributed by atoms with van der Waals surface area (Å²) in [4.78, 5) is 0. The van der Waals surface area contributed by atoms with Gasteiger partial charge in [-0.25, -0.2) is 4.52 Å². The quantitative estimate of drug-likeness (QED) is 0.682.